The zero-order chi connectivity index (χ0) is 11.7. The number of hydrogen-bond acceptors (Lipinski definition) is 2. The zero-order valence-electron chi connectivity index (χ0n) is 11.2. The molecular weight excluding hydrogens is 186 g/mol. The Kier molecular flexibility index (Phi) is 3.83. The van der Waals surface area contributed by atoms with Crippen molar-refractivity contribution in [3.63, 3.8) is 0 Å². The second kappa shape index (κ2) is 4.42. The Bertz CT molecular complexity index is 200. The van der Waals surface area contributed by atoms with E-state index in [9.17, 15) is 0 Å². The van der Waals surface area contributed by atoms with Crippen LogP contribution in [0.3, 0.4) is 0 Å². The van der Waals surface area contributed by atoms with Crippen LogP contribution in [-0.4, -0.2) is 24.8 Å². The fraction of sp³-hybridized carbons (Fsp3) is 1.00. The van der Waals surface area contributed by atoms with Gasteiger partial charge in [-0.25, -0.2) is 0 Å². The summed E-state index contributed by atoms with van der Waals surface area (Å²) < 4.78 is 5.86. The molecule has 0 aromatic rings. The molecule has 1 rings (SSSR count). The molecule has 0 aliphatic carbocycles. The van der Waals surface area contributed by atoms with Crippen molar-refractivity contribution in [2.24, 2.45) is 11.3 Å². The van der Waals surface area contributed by atoms with Crippen LogP contribution < -0.4 is 5.32 Å². The van der Waals surface area contributed by atoms with Crippen LogP contribution in [0.25, 0.3) is 0 Å². The molecule has 1 fully saturated rings. The Balaban J connectivity index is 2.48. The first-order valence-corrected chi connectivity index (χ1v) is 6.07. The van der Waals surface area contributed by atoms with Gasteiger partial charge < -0.3 is 10.1 Å². The first-order chi connectivity index (χ1) is 6.70. The molecule has 2 unspecified atom stereocenters. The molecule has 1 N–H and O–H groups in total. The second-order valence-corrected chi connectivity index (χ2v) is 6.84. The Morgan fingerprint density at radius 2 is 1.73 bits per heavy atom. The van der Waals surface area contributed by atoms with Gasteiger partial charge in [0, 0.05) is 24.6 Å². The number of rotatable bonds is 2. The lowest BCUT2D eigenvalue weighted by Crippen LogP contribution is -2.43. The molecule has 15 heavy (non-hydrogen) atoms. The van der Waals surface area contributed by atoms with E-state index < -0.39 is 0 Å². The van der Waals surface area contributed by atoms with Gasteiger partial charge in [0.2, 0.25) is 0 Å². The maximum absolute atomic E-state index is 5.86. The second-order valence-electron chi connectivity index (χ2n) is 6.84. The molecule has 0 amide bonds. The molecule has 0 aromatic heterocycles. The van der Waals surface area contributed by atoms with Gasteiger partial charge in [-0.3, -0.25) is 0 Å². The van der Waals surface area contributed by atoms with E-state index in [4.69, 9.17) is 4.74 Å². The Morgan fingerprint density at radius 3 is 2.20 bits per heavy atom. The van der Waals surface area contributed by atoms with Crippen LogP contribution in [0.4, 0.5) is 0 Å². The van der Waals surface area contributed by atoms with Crippen LogP contribution in [0, 0.1) is 11.3 Å². The molecule has 0 radical (unpaired) electrons. The first-order valence-electron chi connectivity index (χ1n) is 6.07. The average Bonchev–Trinajstić information content (AvgIpc) is 2.45. The maximum atomic E-state index is 5.86. The van der Waals surface area contributed by atoms with Crippen LogP contribution in [0.5, 0.6) is 0 Å². The van der Waals surface area contributed by atoms with Gasteiger partial charge in [0.15, 0.2) is 0 Å². The predicted molar refractivity (Wildman–Crippen MR) is 65.1 cm³/mol. The standard InChI is InChI=1S/C13H27NO/c1-12(2,3)11-10(7-8-15-11)9-14-13(4,5)6/h10-11,14H,7-9H2,1-6H3. The first kappa shape index (κ1) is 13.0. The molecular formula is C13H27NO. The van der Waals surface area contributed by atoms with Crippen molar-refractivity contribution in [1.29, 1.82) is 0 Å². The van der Waals surface area contributed by atoms with E-state index in [0.717, 1.165) is 13.2 Å². The molecule has 1 saturated heterocycles. The van der Waals surface area contributed by atoms with Crippen molar-refractivity contribution in [3.8, 4) is 0 Å². The average molecular weight is 213 g/mol. The highest BCUT2D eigenvalue weighted by molar-refractivity contribution is 4.88. The summed E-state index contributed by atoms with van der Waals surface area (Å²) >= 11 is 0. The summed E-state index contributed by atoms with van der Waals surface area (Å²) in [5.41, 5.74) is 0.478. The lowest BCUT2D eigenvalue weighted by atomic mass is 9.81. The summed E-state index contributed by atoms with van der Waals surface area (Å²) in [5, 5.41) is 3.59. The van der Waals surface area contributed by atoms with Gasteiger partial charge in [-0.1, -0.05) is 20.8 Å². The summed E-state index contributed by atoms with van der Waals surface area (Å²) in [6, 6.07) is 0. The van der Waals surface area contributed by atoms with Crippen molar-refractivity contribution in [2.75, 3.05) is 13.2 Å². The van der Waals surface area contributed by atoms with E-state index in [-0.39, 0.29) is 11.0 Å². The quantitative estimate of drug-likeness (QED) is 0.761. The molecule has 2 heteroatoms. The molecule has 0 bridgehead atoms. The Labute approximate surface area is 94.8 Å². The normalized spacial score (nSPS) is 28.4. The van der Waals surface area contributed by atoms with E-state index in [1.807, 2.05) is 0 Å². The van der Waals surface area contributed by atoms with E-state index in [2.05, 4.69) is 46.9 Å². The minimum atomic E-state index is 0.213. The van der Waals surface area contributed by atoms with Gasteiger partial charge >= 0.3 is 0 Å². The molecule has 2 nitrogen and oxygen atoms in total. The van der Waals surface area contributed by atoms with E-state index >= 15 is 0 Å². The topological polar surface area (TPSA) is 21.3 Å². The van der Waals surface area contributed by atoms with Gasteiger partial charge in [0.05, 0.1) is 6.10 Å². The number of nitrogens with one attached hydrogen (secondary N) is 1. The fourth-order valence-electron chi connectivity index (χ4n) is 2.24. The summed E-state index contributed by atoms with van der Waals surface area (Å²) in [7, 11) is 0. The molecule has 2 atom stereocenters. The monoisotopic (exact) mass is 213 g/mol. The maximum Gasteiger partial charge on any atom is 0.0664 e. The molecule has 0 saturated carbocycles. The highest BCUT2D eigenvalue weighted by atomic mass is 16.5. The van der Waals surface area contributed by atoms with Crippen molar-refractivity contribution in [1.82, 2.24) is 5.32 Å². The Hall–Kier alpha value is -0.0800. The minimum Gasteiger partial charge on any atom is -0.377 e. The predicted octanol–water partition coefficient (Wildman–Crippen LogP) is 2.83. The van der Waals surface area contributed by atoms with Crippen molar-refractivity contribution >= 4 is 0 Å². The molecule has 1 heterocycles. The summed E-state index contributed by atoms with van der Waals surface area (Å²) in [5.74, 6) is 0.671. The van der Waals surface area contributed by atoms with E-state index in [1.165, 1.54) is 6.42 Å². The summed E-state index contributed by atoms with van der Waals surface area (Å²) in [6.45, 7) is 15.5. The molecule has 0 aromatic carbocycles. The number of hydrogen-bond donors (Lipinski definition) is 1. The highest BCUT2D eigenvalue weighted by Crippen LogP contribution is 2.34. The van der Waals surface area contributed by atoms with Crippen molar-refractivity contribution in [3.05, 3.63) is 0 Å². The van der Waals surface area contributed by atoms with Gasteiger partial charge in [-0.15, -0.1) is 0 Å². The smallest absolute Gasteiger partial charge is 0.0664 e. The van der Waals surface area contributed by atoms with Crippen LogP contribution in [0.2, 0.25) is 0 Å². The van der Waals surface area contributed by atoms with Gasteiger partial charge in [-0.2, -0.15) is 0 Å². The van der Waals surface area contributed by atoms with E-state index in [0.29, 0.717) is 12.0 Å². The van der Waals surface area contributed by atoms with Crippen molar-refractivity contribution in [2.45, 2.75) is 59.6 Å². The largest absolute Gasteiger partial charge is 0.377 e. The molecule has 1 aliphatic heterocycles. The molecule has 0 spiro atoms. The minimum absolute atomic E-state index is 0.213. The lowest BCUT2D eigenvalue weighted by molar-refractivity contribution is 0.00626. The van der Waals surface area contributed by atoms with Gasteiger partial charge in [0.1, 0.15) is 0 Å². The van der Waals surface area contributed by atoms with Gasteiger partial charge in [0.25, 0.3) is 0 Å². The van der Waals surface area contributed by atoms with Crippen LogP contribution in [0.15, 0.2) is 0 Å². The third kappa shape index (κ3) is 4.12. The van der Waals surface area contributed by atoms with Crippen molar-refractivity contribution < 1.29 is 4.74 Å². The Morgan fingerprint density at radius 1 is 1.13 bits per heavy atom. The lowest BCUT2D eigenvalue weighted by Gasteiger charge is -2.33. The fourth-order valence-corrected chi connectivity index (χ4v) is 2.24. The third-order valence-electron chi connectivity index (χ3n) is 2.96. The molecule has 90 valence electrons. The highest BCUT2D eigenvalue weighted by Gasteiger charge is 2.37. The number of ether oxygens (including phenoxy) is 1. The van der Waals surface area contributed by atoms with Crippen LogP contribution >= 0.6 is 0 Å². The van der Waals surface area contributed by atoms with Crippen LogP contribution in [0.1, 0.15) is 48.0 Å². The van der Waals surface area contributed by atoms with Crippen LogP contribution in [-0.2, 0) is 4.74 Å². The summed E-state index contributed by atoms with van der Waals surface area (Å²) in [4.78, 5) is 0. The van der Waals surface area contributed by atoms with E-state index in [1.54, 1.807) is 0 Å². The third-order valence-corrected chi connectivity index (χ3v) is 2.96. The summed E-state index contributed by atoms with van der Waals surface area (Å²) in [6.07, 6.45) is 1.61. The SMILES string of the molecule is CC(C)(C)NCC1CCOC1C(C)(C)C. The molecule has 1 aliphatic rings. The zero-order valence-corrected chi connectivity index (χ0v) is 11.2. The van der Waals surface area contributed by atoms with Gasteiger partial charge in [-0.05, 0) is 32.6 Å².